The van der Waals surface area contributed by atoms with E-state index in [0.717, 1.165) is 55.8 Å². The van der Waals surface area contributed by atoms with Gasteiger partial charge in [0.05, 0.1) is 43.9 Å². The monoisotopic (exact) mass is 634 g/mol. The minimum atomic E-state index is -0.204. The van der Waals surface area contributed by atoms with Crippen LogP contribution in [0.4, 0.5) is 5.69 Å². The molecular weight excluding hydrogens is 600 g/mol. The van der Waals surface area contributed by atoms with E-state index < -0.39 is 0 Å². The smallest absolute Gasteiger partial charge is 0.230 e. The lowest BCUT2D eigenvalue weighted by atomic mass is 10.1. The van der Waals surface area contributed by atoms with Gasteiger partial charge in [-0.25, -0.2) is 0 Å². The van der Waals surface area contributed by atoms with Crippen LogP contribution in [0.15, 0.2) is 66.9 Å². The lowest BCUT2D eigenvalue weighted by molar-refractivity contribution is -0.119. The molecule has 2 heterocycles. The Hall–Kier alpha value is -3.96. The predicted molar refractivity (Wildman–Crippen MR) is 176 cm³/mol. The largest absolute Gasteiger partial charge is 0.493 e. The molecule has 0 spiro atoms. The Morgan fingerprint density at radius 3 is 2.64 bits per heavy atom. The number of anilines is 1. The molecule has 0 radical (unpaired) electrons. The maximum Gasteiger partial charge on any atom is 0.230 e. The van der Waals surface area contributed by atoms with Gasteiger partial charge in [0.15, 0.2) is 16.6 Å². The van der Waals surface area contributed by atoms with Gasteiger partial charge in [-0.1, -0.05) is 35.9 Å². The van der Waals surface area contributed by atoms with Crippen LogP contribution in [0, 0.1) is 6.92 Å². The van der Waals surface area contributed by atoms with Gasteiger partial charge in [0.25, 0.3) is 0 Å². The fourth-order valence-electron chi connectivity index (χ4n) is 4.88. The van der Waals surface area contributed by atoms with Crippen molar-refractivity contribution in [1.82, 2.24) is 15.2 Å². The highest BCUT2D eigenvalue weighted by Gasteiger charge is 2.15. The zero-order valence-corrected chi connectivity index (χ0v) is 26.3. The molecule has 2 N–H and O–H groups in total. The van der Waals surface area contributed by atoms with E-state index in [9.17, 15) is 4.79 Å². The molecule has 0 bridgehead atoms. The average Bonchev–Trinajstić information content (AvgIpc) is 3.02. The van der Waals surface area contributed by atoms with Gasteiger partial charge in [-0.15, -0.1) is 0 Å². The number of methoxy groups -OCH3 is 1. The summed E-state index contributed by atoms with van der Waals surface area (Å²) >= 11 is 11.9. The number of hydrogen-bond acceptors (Lipinski definition) is 8. The van der Waals surface area contributed by atoms with E-state index in [-0.39, 0.29) is 17.4 Å². The van der Waals surface area contributed by atoms with E-state index in [4.69, 9.17) is 42.8 Å². The summed E-state index contributed by atoms with van der Waals surface area (Å²) in [5.41, 5.74) is 3.31. The van der Waals surface area contributed by atoms with Crippen LogP contribution in [-0.4, -0.2) is 67.5 Å². The first-order chi connectivity index (χ1) is 21.4. The molecule has 0 unspecified atom stereocenters. The van der Waals surface area contributed by atoms with Crippen LogP contribution in [-0.2, 0) is 16.0 Å². The molecule has 11 heteroatoms. The van der Waals surface area contributed by atoms with Gasteiger partial charge < -0.3 is 29.6 Å². The summed E-state index contributed by atoms with van der Waals surface area (Å²) in [6.45, 7) is 6.96. The molecule has 0 atom stereocenters. The molecule has 5 rings (SSSR count). The molecule has 1 saturated heterocycles. The number of halogens is 1. The van der Waals surface area contributed by atoms with Crippen molar-refractivity contribution in [3.63, 3.8) is 0 Å². The number of hydrogen-bond donors (Lipinski definition) is 2. The molecule has 0 saturated carbocycles. The Bertz CT molecular complexity index is 1630. The van der Waals surface area contributed by atoms with Crippen LogP contribution in [0.25, 0.3) is 10.9 Å². The second-order valence-electron chi connectivity index (χ2n) is 10.3. The van der Waals surface area contributed by atoms with Crippen LogP contribution < -0.4 is 24.8 Å². The number of nitrogens with one attached hydrogen (secondary N) is 2. The van der Waals surface area contributed by atoms with E-state index in [0.29, 0.717) is 45.8 Å². The zero-order chi connectivity index (χ0) is 30.9. The standard InChI is InChI=1S/C33H35ClN4O5S/c1-22-6-3-4-7-23(22)18-32(39)37-33(44)36-24-8-9-29(26(34)19-24)43-28-10-11-35-27-21-31(30(40-2)20-25(27)28)42-15-5-12-38-13-16-41-17-14-38/h3-4,6-11,19-21H,5,12-18H2,1-2H3,(H2,36,37,39,44). The van der Waals surface area contributed by atoms with Gasteiger partial charge >= 0.3 is 0 Å². The Morgan fingerprint density at radius 2 is 1.86 bits per heavy atom. The molecule has 1 aliphatic rings. The van der Waals surface area contributed by atoms with Gasteiger partial charge in [-0.05, 0) is 67.0 Å². The Morgan fingerprint density at radius 1 is 1.05 bits per heavy atom. The maximum absolute atomic E-state index is 12.5. The number of pyridine rings is 1. The predicted octanol–water partition coefficient (Wildman–Crippen LogP) is 6.15. The number of carbonyl (C=O) groups excluding carboxylic acids is 1. The first-order valence-corrected chi connectivity index (χ1v) is 15.2. The second-order valence-corrected chi connectivity index (χ2v) is 11.2. The van der Waals surface area contributed by atoms with Gasteiger partial charge in [-0.3, -0.25) is 14.7 Å². The highest BCUT2D eigenvalue weighted by Crippen LogP contribution is 2.39. The van der Waals surface area contributed by atoms with Crippen molar-refractivity contribution in [3.05, 3.63) is 83.0 Å². The Balaban J connectivity index is 1.20. The molecule has 1 amide bonds. The first-order valence-electron chi connectivity index (χ1n) is 14.4. The average molecular weight is 635 g/mol. The number of ether oxygens (including phenoxy) is 4. The van der Waals surface area contributed by atoms with Crippen molar-refractivity contribution >= 4 is 51.4 Å². The molecule has 9 nitrogen and oxygen atoms in total. The third kappa shape index (κ3) is 8.35. The summed E-state index contributed by atoms with van der Waals surface area (Å²) in [6.07, 6.45) is 2.80. The van der Waals surface area contributed by atoms with E-state index >= 15 is 0 Å². The third-order valence-electron chi connectivity index (χ3n) is 7.24. The molecule has 1 fully saturated rings. The van der Waals surface area contributed by atoms with E-state index in [1.807, 2.05) is 43.3 Å². The SMILES string of the molecule is COc1cc2c(Oc3ccc(NC(=S)NC(=O)Cc4ccccc4C)cc3Cl)ccnc2cc1OCCCN1CCOCC1. The molecule has 1 aliphatic heterocycles. The van der Waals surface area contributed by atoms with Crippen LogP contribution in [0.3, 0.4) is 0 Å². The fourth-order valence-corrected chi connectivity index (χ4v) is 5.33. The van der Waals surface area contributed by atoms with Gasteiger partial charge in [0.2, 0.25) is 5.91 Å². The number of aromatic nitrogens is 1. The topological polar surface area (TPSA) is 94.2 Å². The fraction of sp³-hybridized carbons (Fsp3) is 0.303. The Kier molecular flexibility index (Phi) is 10.8. The van der Waals surface area contributed by atoms with Crippen molar-refractivity contribution in [2.75, 3.05) is 51.9 Å². The Labute approximate surface area is 267 Å². The number of carbonyl (C=O) groups is 1. The number of nitrogens with zero attached hydrogens (tertiary/aromatic N) is 2. The van der Waals surface area contributed by atoms with Gasteiger partial charge in [0, 0.05) is 43.0 Å². The van der Waals surface area contributed by atoms with Crippen molar-refractivity contribution in [2.24, 2.45) is 0 Å². The second kappa shape index (κ2) is 15.2. The van der Waals surface area contributed by atoms with Crippen molar-refractivity contribution in [3.8, 4) is 23.0 Å². The van der Waals surface area contributed by atoms with E-state index in [1.165, 1.54) is 0 Å². The highest BCUT2D eigenvalue weighted by molar-refractivity contribution is 7.80. The molecular formula is C33H35ClN4O5S. The van der Waals surface area contributed by atoms with Gasteiger partial charge in [-0.2, -0.15) is 0 Å². The number of thiocarbonyl (C=S) groups is 1. The normalized spacial score (nSPS) is 13.3. The zero-order valence-electron chi connectivity index (χ0n) is 24.7. The lowest BCUT2D eigenvalue weighted by Gasteiger charge is -2.26. The van der Waals surface area contributed by atoms with Crippen LogP contribution >= 0.6 is 23.8 Å². The summed E-state index contributed by atoms with van der Waals surface area (Å²) < 4.78 is 23.3. The summed E-state index contributed by atoms with van der Waals surface area (Å²) in [4.78, 5) is 19.4. The van der Waals surface area contributed by atoms with Crippen LogP contribution in [0.2, 0.25) is 5.02 Å². The summed E-state index contributed by atoms with van der Waals surface area (Å²) in [5, 5.41) is 7.02. The van der Waals surface area contributed by atoms with Crippen molar-refractivity contribution in [1.29, 1.82) is 0 Å². The highest BCUT2D eigenvalue weighted by atomic mass is 35.5. The summed E-state index contributed by atoms with van der Waals surface area (Å²) in [7, 11) is 1.61. The van der Waals surface area contributed by atoms with Crippen molar-refractivity contribution in [2.45, 2.75) is 19.8 Å². The number of morpholine rings is 1. The number of benzene rings is 3. The number of fused-ring (bicyclic) bond motifs is 1. The molecule has 1 aromatic heterocycles. The number of rotatable bonds is 11. The van der Waals surface area contributed by atoms with Gasteiger partial charge in [0.1, 0.15) is 11.5 Å². The molecule has 3 aromatic carbocycles. The van der Waals surface area contributed by atoms with E-state index in [2.05, 4.69) is 20.5 Å². The third-order valence-corrected chi connectivity index (χ3v) is 7.74. The number of aryl methyl sites for hydroxylation is 1. The van der Waals surface area contributed by atoms with E-state index in [1.54, 1.807) is 37.6 Å². The number of amides is 1. The summed E-state index contributed by atoms with van der Waals surface area (Å²) in [5.74, 6) is 2.02. The molecule has 230 valence electrons. The van der Waals surface area contributed by atoms with Crippen LogP contribution in [0.5, 0.6) is 23.0 Å². The maximum atomic E-state index is 12.5. The quantitative estimate of drug-likeness (QED) is 0.149. The van der Waals surface area contributed by atoms with Crippen LogP contribution in [0.1, 0.15) is 17.5 Å². The first kappa shape index (κ1) is 31.5. The molecule has 0 aliphatic carbocycles. The lowest BCUT2D eigenvalue weighted by Crippen LogP contribution is -2.37. The molecule has 44 heavy (non-hydrogen) atoms. The molecule has 4 aromatic rings. The minimum absolute atomic E-state index is 0.180. The summed E-state index contributed by atoms with van der Waals surface area (Å²) in [6, 6.07) is 18.4. The van der Waals surface area contributed by atoms with Crippen molar-refractivity contribution < 1.29 is 23.7 Å². The minimum Gasteiger partial charge on any atom is -0.493 e.